The monoisotopic (exact) mass is 453 g/mol. The Morgan fingerprint density at radius 2 is 2.06 bits per heavy atom. The van der Waals surface area contributed by atoms with E-state index in [1.165, 1.54) is 11.1 Å². The smallest absolute Gasteiger partial charge is 0.278 e. The van der Waals surface area contributed by atoms with E-state index in [9.17, 15) is 10.1 Å². The number of nitrogens with one attached hydrogen (secondary N) is 2. The molecule has 0 unspecified atom stereocenters. The molecule has 2 aromatic heterocycles. The molecule has 8 nitrogen and oxygen atoms in total. The van der Waals surface area contributed by atoms with Gasteiger partial charge in [-0.1, -0.05) is 6.07 Å². The van der Waals surface area contributed by atoms with Gasteiger partial charge in [0.2, 0.25) is 5.95 Å². The highest BCUT2D eigenvalue weighted by Gasteiger charge is 2.26. The summed E-state index contributed by atoms with van der Waals surface area (Å²) in [4.78, 5) is 22.2. The van der Waals surface area contributed by atoms with Crippen molar-refractivity contribution in [2.24, 2.45) is 0 Å². The highest BCUT2D eigenvalue weighted by atomic mass is 16.1. The van der Waals surface area contributed by atoms with Crippen molar-refractivity contribution in [2.45, 2.75) is 46.2 Å². The molecule has 0 saturated carbocycles. The van der Waals surface area contributed by atoms with Crippen LogP contribution in [0.15, 0.2) is 47.4 Å². The van der Waals surface area contributed by atoms with Gasteiger partial charge in [0.15, 0.2) is 5.65 Å². The van der Waals surface area contributed by atoms with E-state index >= 15 is 0 Å². The van der Waals surface area contributed by atoms with E-state index in [1.807, 2.05) is 32.0 Å². The van der Waals surface area contributed by atoms with Gasteiger partial charge in [0.1, 0.15) is 5.39 Å². The number of fused-ring (bicyclic) bond motifs is 2. The van der Waals surface area contributed by atoms with Crippen molar-refractivity contribution in [1.82, 2.24) is 24.6 Å². The van der Waals surface area contributed by atoms with Crippen LogP contribution in [0, 0.1) is 18.3 Å². The summed E-state index contributed by atoms with van der Waals surface area (Å²) in [7, 11) is 0. The van der Waals surface area contributed by atoms with Gasteiger partial charge in [-0.2, -0.15) is 10.2 Å². The molecule has 2 aromatic carbocycles. The Labute approximate surface area is 197 Å². The summed E-state index contributed by atoms with van der Waals surface area (Å²) in [6.07, 6.45) is 2.54. The van der Waals surface area contributed by atoms with Gasteiger partial charge < -0.3 is 10.6 Å². The predicted octanol–water partition coefficient (Wildman–Crippen LogP) is 3.91. The summed E-state index contributed by atoms with van der Waals surface area (Å²) >= 11 is 0. The summed E-state index contributed by atoms with van der Waals surface area (Å²) in [5, 5.41) is 16.6. The zero-order valence-corrected chi connectivity index (χ0v) is 19.8. The summed E-state index contributed by atoms with van der Waals surface area (Å²) in [6.45, 7) is 9.61. The molecule has 2 N–H and O–H groups in total. The Bertz CT molecular complexity index is 1520. The van der Waals surface area contributed by atoms with Crippen LogP contribution in [0.2, 0.25) is 0 Å². The highest BCUT2D eigenvalue weighted by molar-refractivity contribution is 5.77. The van der Waals surface area contributed by atoms with Gasteiger partial charge in [0.05, 0.1) is 17.3 Å². The van der Waals surface area contributed by atoms with Crippen LogP contribution in [0.4, 0.5) is 11.6 Å². The normalized spacial score (nSPS) is 14.6. The molecule has 5 rings (SSSR count). The lowest BCUT2D eigenvalue weighted by molar-refractivity contribution is 0.382. The molecule has 0 saturated heterocycles. The van der Waals surface area contributed by atoms with Crippen LogP contribution < -0.4 is 16.2 Å². The van der Waals surface area contributed by atoms with Crippen LogP contribution >= 0.6 is 0 Å². The molecule has 0 spiro atoms. The van der Waals surface area contributed by atoms with E-state index in [-0.39, 0.29) is 11.1 Å². The predicted molar refractivity (Wildman–Crippen MR) is 133 cm³/mol. The fourth-order valence-corrected chi connectivity index (χ4v) is 4.76. The largest absolute Gasteiger partial charge is 0.324 e. The van der Waals surface area contributed by atoms with Gasteiger partial charge in [0, 0.05) is 24.0 Å². The maximum Gasteiger partial charge on any atom is 0.278 e. The topological polar surface area (TPSA) is 101 Å². The van der Waals surface area contributed by atoms with Gasteiger partial charge in [-0.25, -0.2) is 14.3 Å². The van der Waals surface area contributed by atoms with Gasteiger partial charge in [-0.3, -0.25) is 4.79 Å². The van der Waals surface area contributed by atoms with Crippen LogP contribution in [0.1, 0.15) is 43.0 Å². The number of anilines is 2. The van der Waals surface area contributed by atoms with Gasteiger partial charge >= 0.3 is 0 Å². The molecule has 34 heavy (non-hydrogen) atoms. The molecular formula is C26H27N7O. The van der Waals surface area contributed by atoms with Crippen molar-refractivity contribution in [1.29, 1.82) is 5.26 Å². The van der Waals surface area contributed by atoms with E-state index in [0.717, 1.165) is 29.9 Å². The molecule has 0 amide bonds. The highest BCUT2D eigenvalue weighted by Crippen LogP contribution is 2.30. The second-order valence-electron chi connectivity index (χ2n) is 9.17. The molecule has 0 atom stereocenters. The minimum atomic E-state index is -0.144. The number of aryl methyl sites for hydroxylation is 1. The summed E-state index contributed by atoms with van der Waals surface area (Å²) < 4.78 is 3.44. The molecular weight excluding hydrogens is 426 g/mol. The number of hydrogen-bond acceptors (Lipinski definition) is 6. The van der Waals surface area contributed by atoms with E-state index < -0.39 is 0 Å². The molecule has 3 heterocycles. The maximum absolute atomic E-state index is 13.0. The van der Waals surface area contributed by atoms with E-state index in [1.54, 1.807) is 21.6 Å². The van der Waals surface area contributed by atoms with Crippen molar-refractivity contribution < 1.29 is 0 Å². The molecule has 0 aliphatic carbocycles. The van der Waals surface area contributed by atoms with E-state index in [4.69, 9.17) is 4.98 Å². The number of benzene rings is 2. The SMILES string of the molecule is CCn1c(=O)c2cnc(Nc3ccc4c(c3)CCNC4(C)C)nc2n1-c1ccc(C#N)c(C)c1. The zero-order chi connectivity index (χ0) is 24.0. The third-order valence-corrected chi connectivity index (χ3v) is 6.55. The number of rotatable bonds is 4. The Hall–Kier alpha value is -3.96. The molecule has 4 aromatic rings. The lowest BCUT2D eigenvalue weighted by atomic mass is 9.85. The molecule has 1 aliphatic rings. The average molecular weight is 454 g/mol. The van der Waals surface area contributed by atoms with Gasteiger partial charge in [-0.15, -0.1) is 0 Å². The first kappa shape index (κ1) is 21.9. The fourth-order valence-electron chi connectivity index (χ4n) is 4.76. The molecule has 0 radical (unpaired) electrons. The first-order chi connectivity index (χ1) is 16.3. The Kier molecular flexibility index (Phi) is 5.22. The summed E-state index contributed by atoms with van der Waals surface area (Å²) in [6, 6.07) is 14.0. The van der Waals surface area contributed by atoms with Crippen LogP contribution in [-0.2, 0) is 18.5 Å². The number of nitrogens with zero attached hydrogens (tertiary/aromatic N) is 5. The zero-order valence-electron chi connectivity index (χ0n) is 19.8. The minimum absolute atomic E-state index is 0.0557. The standard InChI is InChI=1S/C26H27N7O/c1-5-32-24(34)21-15-28-25(30-19-7-9-22-17(13-19)10-11-29-26(22,3)4)31-23(21)33(32)20-8-6-18(14-27)16(2)12-20/h6-9,12-13,15,29H,5,10-11H2,1-4H3,(H,28,30,31). The van der Waals surface area contributed by atoms with E-state index in [2.05, 4.69) is 47.7 Å². The first-order valence-electron chi connectivity index (χ1n) is 11.5. The quantitative estimate of drug-likeness (QED) is 0.486. The van der Waals surface area contributed by atoms with Crippen LogP contribution in [0.3, 0.4) is 0 Å². The Morgan fingerprint density at radius 3 is 2.79 bits per heavy atom. The van der Waals surface area contributed by atoms with Crippen LogP contribution in [-0.4, -0.2) is 25.9 Å². The molecule has 0 fully saturated rings. The minimum Gasteiger partial charge on any atom is -0.324 e. The second-order valence-corrected chi connectivity index (χ2v) is 9.17. The third kappa shape index (κ3) is 3.55. The number of nitriles is 1. The Balaban J connectivity index is 1.59. The number of hydrogen-bond donors (Lipinski definition) is 2. The number of aromatic nitrogens is 4. The fraction of sp³-hybridized carbons (Fsp3) is 0.308. The Morgan fingerprint density at radius 1 is 1.24 bits per heavy atom. The van der Waals surface area contributed by atoms with Crippen LogP contribution in [0.5, 0.6) is 0 Å². The van der Waals surface area contributed by atoms with Crippen molar-refractivity contribution in [3.8, 4) is 11.8 Å². The molecule has 0 bridgehead atoms. The van der Waals surface area contributed by atoms with Crippen molar-refractivity contribution in [3.63, 3.8) is 0 Å². The van der Waals surface area contributed by atoms with Gasteiger partial charge in [0.25, 0.3) is 5.56 Å². The molecule has 8 heteroatoms. The lowest BCUT2D eigenvalue weighted by Crippen LogP contribution is -2.42. The van der Waals surface area contributed by atoms with Crippen LogP contribution in [0.25, 0.3) is 16.7 Å². The summed E-state index contributed by atoms with van der Waals surface area (Å²) in [5.74, 6) is 0.424. The van der Waals surface area contributed by atoms with Crippen molar-refractivity contribution >= 4 is 22.7 Å². The molecule has 1 aliphatic heterocycles. The first-order valence-corrected chi connectivity index (χ1v) is 11.5. The lowest BCUT2D eigenvalue weighted by Gasteiger charge is -2.34. The van der Waals surface area contributed by atoms with Gasteiger partial charge in [-0.05, 0) is 87.7 Å². The third-order valence-electron chi connectivity index (χ3n) is 6.55. The van der Waals surface area contributed by atoms with E-state index in [0.29, 0.717) is 29.1 Å². The average Bonchev–Trinajstić information content (AvgIpc) is 3.09. The second kappa shape index (κ2) is 8.12. The van der Waals surface area contributed by atoms with Crippen molar-refractivity contribution in [2.75, 3.05) is 11.9 Å². The van der Waals surface area contributed by atoms with Crippen molar-refractivity contribution in [3.05, 3.63) is 75.2 Å². The molecule has 172 valence electrons. The summed E-state index contributed by atoms with van der Waals surface area (Å²) in [5.41, 5.74) is 6.06. The maximum atomic E-state index is 13.0.